The highest BCUT2D eigenvalue weighted by molar-refractivity contribution is 5.80. The largest absolute Gasteiger partial charge is 0.478 e. The van der Waals surface area contributed by atoms with Crippen LogP contribution in [0.5, 0.6) is 0 Å². The summed E-state index contributed by atoms with van der Waals surface area (Å²) in [5.74, 6) is 0.537. The number of hydrogen-bond acceptors (Lipinski definition) is 1. The first-order valence-electron chi connectivity index (χ1n) is 10.8. The highest BCUT2D eigenvalue weighted by Gasteiger charge is 2.53. The Morgan fingerprint density at radius 3 is 2.59 bits per heavy atom. The van der Waals surface area contributed by atoms with Crippen LogP contribution in [0.25, 0.3) is 0 Å². The van der Waals surface area contributed by atoms with E-state index in [0.29, 0.717) is 22.7 Å². The molecule has 4 atom stereocenters. The van der Waals surface area contributed by atoms with Gasteiger partial charge < -0.3 is 5.11 Å². The Bertz CT molecular complexity index is 635. The Balaban J connectivity index is 2.28. The third-order valence-electron chi connectivity index (χ3n) is 7.60. The number of carboxylic acid groups (broad SMARTS) is 1. The summed E-state index contributed by atoms with van der Waals surface area (Å²) in [5, 5.41) is 9.07. The van der Waals surface area contributed by atoms with Gasteiger partial charge in [-0.05, 0) is 102 Å². The summed E-state index contributed by atoms with van der Waals surface area (Å²) in [5.41, 5.74) is 4.70. The SMILES string of the molecule is CC(C)=CCC[C@]1(C)CC[C@H]2C(C)=CCC[C@@]2(C)[C@H]1CC/C(C)=C/C(=O)O. The second kappa shape index (κ2) is 8.80. The zero-order valence-corrected chi connectivity index (χ0v) is 18.4. The molecule has 0 heterocycles. The Hall–Kier alpha value is -1.31. The van der Waals surface area contributed by atoms with Gasteiger partial charge in [0.25, 0.3) is 0 Å². The van der Waals surface area contributed by atoms with E-state index in [1.165, 1.54) is 43.8 Å². The van der Waals surface area contributed by atoms with E-state index in [-0.39, 0.29) is 0 Å². The van der Waals surface area contributed by atoms with Gasteiger partial charge in [-0.1, -0.05) is 42.7 Å². The molecule has 1 fully saturated rings. The Labute approximate surface area is 166 Å². The minimum absolute atomic E-state index is 0.346. The van der Waals surface area contributed by atoms with Gasteiger partial charge in [0.15, 0.2) is 0 Å². The first kappa shape index (κ1) is 22.0. The van der Waals surface area contributed by atoms with Crippen molar-refractivity contribution >= 4 is 5.97 Å². The highest BCUT2D eigenvalue weighted by Crippen LogP contribution is 2.62. The third-order valence-corrected chi connectivity index (χ3v) is 7.60. The summed E-state index contributed by atoms with van der Waals surface area (Å²) in [6.07, 6.45) is 15.7. The lowest BCUT2D eigenvalue weighted by Gasteiger charge is -2.58. The molecule has 0 aliphatic heterocycles. The second-order valence-electron chi connectivity index (χ2n) is 9.98. The molecule has 27 heavy (non-hydrogen) atoms. The Morgan fingerprint density at radius 2 is 1.96 bits per heavy atom. The molecule has 0 aromatic heterocycles. The predicted octanol–water partition coefficient (Wildman–Crippen LogP) is 7.32. The molecule has 2 nitrogen and oxygen atoms in total. The molecule has 0 spiro atoms. The normalized spacial score (nSPS) is 33.9. The van der Waals surface area contributed by atoms with Crippen LogP contribution in [0.2, 0.25) is 0 Å². The maximum Gasteiger partial charge on any atom is 0.328 e. The van der Waals surface area contributed by atoms with Crippen LogP contribution < -0.4 is 0 Å². The average molecular weight is 373 g/mol. The number of carbonyl (C=O) groups is 1. The molecule has 0 saturated heterocycles. The lowest BCUT2D eigenvalue weighted by molar-refractivity contribution is -0.131. The number of fused-ring (bicyclic) bond motifs is 1. The van der Waals surface area contributed by atoms with Crippen LogP contribution in [-0.2, 0) is 4.79 Å². The van der Waals surface area contributed by atoms with Gasteiger partial charge in [-0.15, -0.1) is 0 Å². The van der Waals surface area contributed by atoms with Crippen molar-refractivity contribution in [1.29, 1.82) is 0 Å². The zero-order chi connectivity index (χ0) is 20.2. The van der Waals surface area contributed by atoms with E-state index in [0.717, 1.165) is 24.8 Å². The fraction of sp³-hybridized carbons (Fsp3) is 0.720. The van der Waals surface area contributed by atoms with Gasteiger partial charge in [0.1, 0.15) is 0 Å². The van der Waals surface area contributed by atoms with Crippen LogP contribution in [0.3, 0.4) is 0 Å². The van der Waals surface area contributed by atoms with Crippen molar-refractivity contribution in [3.8, 4) is 0 Å². The number of allylic oxidation sites excluding steroid dienone is 5. The smallest absolute Gasteiger partial charge is 0.328 e. The molecular weight excluding hydrogens is 332 g/mol. The lowest BCUT2D eigenvalue weighted by atomic mass is 9.46. The van der Waals surface area contributed by atoms with Crippen LogP contribution in [0, 0.1) is 22.7 Å². The van der Waals surface area contributed by atoms with E-state index >= 15 is 0 Å². The van der Waals surface area contributed by atoms with Gasteiger partial charge in [-0.3, -0.25) is 0 Å². The molecule has 2 aliphatic carbocycles. The van der Waals surface area contributed by atoms with Gasteiger partial charge in [0.05, 0.1) is 0 Å². The Kier molecular flexibility index (Phi) is 7.16. The molecule has 2 heteroatoms. The fourth-order valence-electron chi connectivity index (χ4n) is 6.19. The van der Waals surface area contributed by atoms with E-state index in [2.05, 4.69) is 46.8 Å². The lowest BCUT2D eigenvalue weighted by Crippen LogP contribution is -2.50. The third kappa shape index (κ3) is 5.15. The minimum atomic E-state index is -0.817. The minimum Gasteiger partial charge on any atom is -0.478 e. The van der Waals surface area contributed by atoms with Crippen molar-refractivity contribution in [2.75, 3.05) is 0 Å². The summed E-state index contributed by atoms with van der Waals surface area (Å²) < 4.78 is 0. The molecule has 2 rings (SSSR count). The summed E-state index contributed by atoms with van der Waals surface area (Å²) in [4.78, 5) is 11.0. The maximum atomic E-state index is 11.0. The first-order valence-corrected chi connectivity index (χ1v) is 10.8. The monoisotopic (exact) mass is 372 g/mol. The summed E-state index contributed by atoms with van der Waals surface area (Å²) >= 11 is 0. The highest BCUT2D eigenvalue weighted by atomic mass is 16.4. The van der Waals surface area contributed by atoms with Crippen molar-refractivity contribution in [2.24, 2.45) is 22.7 Å². The van der Waals surface area contributed by atoms with E-state index < -0.39 is 5.97 Å². The van der Waals surface area contributed by atoms with Crippen molar-refractivity contribution in [1.82, 2.24) is 0 Å². The van der Waals surface area contributed by atoms with E-state index in [4.69, 9.17) is 5.11 Å². The van der Waals surface area contributed by atoms with Crippen LogP contribution in [0.4, 0.5) is 0 Å². The molecule has 152 valence electrons. The number of carboxylic acids is 1. The van der Waals surface area contributed by atoms with Crippen LogP contribution in [-0.4, -0.2) is 11.1 Å². The molecule has 1 N–H and O–H groups in total. The van der Waals surface area contributed by atoms with E-state index in [1.54, 1.807) is 5.57 Å². The van der Waals surface area contributed by atoms with Gasteiger partial charge in [0.2, 0.25) is 0 Å². The number of hydrogen-bond donors (Lipinski definition) is 1. The van der Waals surface area contributed by atoms with Crippen molar-refractivity contribution in [3.63, 3.8) is 0 Å². The summed E-state index contributed by atoms with van der Waals surface area (Å²) in [6, 6.07) is 0. The molecule has 0 aromatic carbocycles. The first-order chi connectivity index (χ1) is 12.6. The molecule has 1 saturated carbocycles. The van der Waals surface area contributed by atoms with E-state index in [1.807, 2.05) is 6.92 Å². The van der Waals surface area contributed by atoms with Crippen molar-refractivity contribution in [3.05, 3.63) is 34.9 Å². The van der Waals surface area contributed by atoms with Crippen molar-refractivity contribution in [2.45, 2.75) is 92.9 Å². The second-order valence-corrected chi connectivity index (χ2v) is 9.98. The van der Waals surface area contributed by atoms with Crippen molar-refractivity contribution < 1.29 is 9.90 Å². The average Bonchev–Trinajstić information content (AvgIpc) is 2.52. The molecule has 0 radical (unpaired) electrons. The zero-order valence-electron chi connectivity index (χ0n) is 18.4. The molecule has 2 aliphatic rings. The van der Waals surface area contributed by atoms with Gasteiger partial charge >= 0.3 is 5.97 Å². The summed E-state index contributed by atoms with van der Waals surface area (Å²) in [7, 11) is 0. The quantitative estimate of drug-likeness (QED) is 0.375. The number of rotatable bonds is 7. The van der Waals surface area contributed by atoms with Gasteiger partial charge in [-0.2, -0.15) is 0 Å². The summed E-state index contributed by atoms with van der Waals surface area (Å²) in [6.45, 7) is 13.7. The topological polar surface area (TPSA) is 37.3 Å². The predicted molar refractivity (Wildman–Crippen MR) is 115 cm³/mol. The standard InChI is InChI=1S/C25H40O2/c1-18(2)9-7-14-24(5)16-13-21-20(4)10-8-15-25(21,6)22(24)12-11-19(3)17-23(26)27/h9-10,17,21-22H,7-8,11-16H2,1-6H3,(H,26,27)/b19-17+/t21-,22-,24+,25+/m0/s1. The van der Waals surface area contributed by atoms with Gasteiger partial charge in [0, 0.05) is 6.08 Å². The Morgan fingerprint density at radius 1 is 1.26 bits per heavy atom. The van der Waals surface area contributed by atoms with Gasteiger partial charge in [-0.25, -0.2) is 4.79 Å². The van der Waals surface area contributed by atoms with Crippen LogP contribution in [0.1, 0.15) is 92.9 Å². The number of aliphatic carboxylic acids is 1. The van der Waals surface area contributed by atoms with Crippen LogP contribution in [0.15, 0.2) is 34.9 Å². The van der Waals surface area contributed by atoms with Crippen LogP contribution >= 0.6 is 0 Å². The molecule has 0 bridgehead atoms. The maximum absolute atomic E-state index is 11.0. The molecule has 0 aromatic rings. The molecule has 0 unspecified atom stereocenters. The molecule has 0 amide bonds. The fourth-order valence-corrected chi connectivity index (χ4v) is 6.19. The molecular formula is C25H40O2. The van der Waals surface area contributed by atoms with E-state index in [9.17, 15) is 4.79 Å².